The molecule has 0 spiro atoms. The summed E-state index contributed by atoms with van der Waals surface area (Å²) >= 11 is 0. The largest absolute Gasteiger partial charge is 0.488 e. The van der Waals surface area contributed by atoms with Gasteiger partial charge in [0.1, 0.15) is 35.2 Å². The van der Waals surface area contributed by atoms with Gasteiger partial charge in [-0.2, -0.15) is 5.10 Å². The number of piperidine rings is 3. The quantitative estimate of drug-likeness (QED) is 0.181. The number of hydrogen-bond acceptors (Lipinski definition) is 11. The number of piperazine rings is 1. The zero-order chi connectivity index (χ0) is 42.0. The van der Waals surface area contributed by atoms with Crippen molar-refractivity contribution in [2.75, 3.05) is 68.7 Å². The van der Waals surface area contributed by atoms with E-state index in [4.69, 9.17) is 9.72 Å². The molecule has 5 fully saturated rings. The molecule has 10 rings (SSSR count). The van der Waals surface area contributed by atoms with Crippen LogP contribution in [0.25, 0.3) is 33.3 Å². The van der Waals surface area contributed by atoms with Crippen molar-refractivity contribution in [1.82, 2.24) is 44.4 Å². The predicted octanol–water partition coefficient (Wildman–Crippen LogP) is 5.11. The molecule has 5 aromatic rings. The lowest BCUT2D eigenvalue weighted by Gasteiger charge is -2.50. The molecule has 3 aromatic heterocycles. The summed E-state index contributed by atoms with van der Waals surface area (Å²) in [5.74, 6) is 2.45. The molecule has 5 aliphatic rings. The maximum Gasteiger partial charge on any atom is 0.329 e. The number of carbonyl (C=O) groups is 2. The second-order valence-corrected chi connectivity index (χ2v) is 19.3. The first-order valence-electron chi connectivity index (χ1n) is 22.4. The van der Waals surface area contributed by atoms with Crippen LogP contribution in [0.5, 0.6) is 5.75 Å². The number of amides is 2. The van der Waals surface area contributed by atoms with Crippen LogP contribution in [0.3, 0.4) is 0 Å². The molecule has 1 atom stereocenters. The van der Waals surface area contributed by atoms with E-state index in [9.17, 15) is 14.4 Å². The minimum absolute atomic E-state index is 0.0411. The lowest BCUT2D eigenvalue weighted by molar-refractivity contribution is -0.135. The third-order valence-corrected chi connectivity index (χ3v) is 14.4. The molecule has 0 bridgehead atoms. The monoisotopic (exact) mass is 829 g/mol. The normalized spacial score (nSPS) is 22.9. The molecule has 2 N–H and O–H groups in total. The smallest absolute Gasteiger partial charge is 0.329 e. The molecule has 15 heteroatoms. The van der Waals surface area contributed by atoms with Gasteiger partial charge in [-0.05, 0) is 114 Å². The van der Waals surface area contributed by atoms with Gasteiger partial charge in [-0.1, -0.05) is 0 Å². The van der Waals surface area contributed by atoms with Crippen molar-refractivity contribution < 1.29 is 14.3 Å². The summed E-state index contributed by atoms with van der Waals surface area (Å²) in [4.78, 5) is 57.5. The molecular weight excluding hydrogens is 771 g/mol. The van der Waals surface area contributed by atoms with E-state index >= 15 is 0 Å². The Balaban J connectivity index is 0.708. The maximum atomic E-state index is 13.3. The van der Waals surface area contributed by atoms with Crippen molar-refractivity contribution >= 4 is 45.3 Å². The number of benzene rings is 2. The minimum atomic E-state index is -0.682. The number of fused-ring (bicyclic) bond motifs is 2. The number of rotatable bonds is 10. The molecule has 0 radical (unpaired) electrons. The van der Waals surface area contributed by atoms with Crippen LogP contribution >= 0.6 is 0 Å². The van der Waals surface area contributed by atoms with E-state index < -0.39 is 11.9 Å². The van der Waals surface area contributed by atoms with Gasteiger partial charge in [-0.25, -0.2) is 14.8 Å². The number of H-pyrrole nitrogens is 1. The van der Waals surface area contributed by atoms with Gasteiger partial charge in [-0.15, -0.1) is 0 Å². The van der Waals surface area contributed by atoms with E-state index in [2.05, 4.69) is 85.1 Å². The van der Waals surface area contributed by atoms with E-state index in [1.807, 2.05) is 18.2 Å². The van der Waals surface area contributed by atoms with Gasteiger partial charge in [-0.3, -0.25) is 38.9 Å². The highest BCUT2D eigenvalue weighted by atomic mass is 16.5. The predicted molar refractivity (Wildman–Crippen MR) is 236 cm³/mol. The van der Waals surface area contributed by atoms with Gasteiger partial charge < -0.3 is 14.5 Å². The van der Waals surface area contributed by atoms with Gasteiger partial charge >= 0.3 is 5.69 Å². The highest BCUT2D eigenvalue weighted by Gasteiger charge is 2.40. The lowest BCUT2D eigenvalue weighted by Crippen LogP contribution is -2.61. The Hall–Kier alpha value is -5.28. The number of imidazole rings is 1. The molecule has 15 nitrogen and oxygen atoms in total. The van der Waals surface area contributed by atoms with Crippen molar-refractivity contribution in [3.05, 3.63) is 59.3 Å². The Labute approximate surface area is 356 Å². The highest BCUT2D eigenvalue weighted by molar-refractivity contribution is 6.00. The molecule has 7 heterocycles. The van der Waals surface area contributed by atoms with E-state index in [-0.39, 0.29) is 29.2 Å². The van der Waals surface area contributed by atoms with E-state index in [1.165, 1.54) is 0 Å². The number of aromatic nitrogens is 6. The number of hydrogen-bond donors (Lipinski definition) is 2. The van der Waals surface area contributed by atoms with Crippen LogP contribution in [0, 0.1) is 11.8 Å². The lowest BCUT2D eigenvalue weighted by atomic mass is 9.90. The number of ether oxygens (including phenoxy) is 1. The van der Waals surface area contributed by atoms with Crippen molar-refractivity contribution in [3.63, 3.8) is 0 Å². The minimum Gasteiger partial charge on any atom is -0.488 e. The number of nitrogens with zero attached hydrogens (tertiary/aromatic N) is 9. The molecule has 4 saturated heterocycles. The van der Waals surface area contributed by atoms with E-state index in [1.54, 1.807) is 22.5 Å². The van der Waals surface area contributed by atoms with Crippen molar-refractivity contribution in [2.24, 2.45) is 18.9 Å². The zero-order valence-corrected chi connectivity index (χ0v) is 36.0. The number of carbonyl (C=O) groups excluding carboxylic acids is 2. The first kappa shape index (κ1) is 39.8. The van der Waals surface area contributed by atoms with Gasteiger partial charge in [0.15, 0.2) is 0 Å². The molecule has 1 unspecified atom stereocenters. The number of nitrogens with one attached hydrogen (secondary N) is 2. The van der Waals surface area contributed by atoms with E-state index in [0.717, 1.165) is 148 Å². The molecular formula is C46H59N11O4. The van der Waals surface area contributed by atoms with Crippen LogP contribution in [0.15, 0.2) is 53.6 Å². The highest BCUT2D eigenvalue weighted by Crippen LogP contribution is 2.41. The molecule has 2 amide bonds. The van der Waals surface area contributed by atoms with Crippen molar-refractivity contribution in [2.45, 2.75) is 89.3 Å². The second kappa shape index (κ2) is 15.6. The summed E-state index contributed by atoms with van der Waals surface area (Å²) in [6.45, 7) is 16.4. The SMILES string of the molecule is Cn1c(=O)n(C2CCC(=O)NC2=O)c2cc(N3CCC(CN4CCN(CC5CCN(c6cc(-c7n[nH]c8ccc(OC9(C)CC9)cc78)ncn6)CC5)C(C)(C)C4)CC3)ccc21. The molecule has 2 aromatic carbocycles. The first-order valence-corrected chi connectivity index (χ1v) is 22.4. The number of aromatic amines is 1. The Kier molecular flexibility index (Phi) is 10.2. The fraction of sp³-hybridized carbons (Fsp3) is 0.565. The van der Waals surface area contributed by atoms with Crippen LogP contribution in [0.1, 0.15) is 78.2 Å². The van der Waals surface area contributed by atoms with Crippen LogP contribution in [-0.4, -0.2) is 121 Å². The molecule has 1 aliphatic carbocycles. The van der Waals surface area contributed by atoms with Gasteiger partial charge in [0, 0.05) is 95.1 Å². The standard InChI is InChI=1S/C46H59N11O4/c1-45(2)28-53(26-30-11-17-54(18-12-30)32-5-8-37-39(23-32)57(44(60)52(37)4)38-9-10-41(58)49-43(38)59)21-22-56(45)27-31-13-19-55(20-14-31)40-25-36(47-29-48-40)42-34-24-33(61-46(3)15-16-46)6-7-35(34)50-51-42/h5-8,23-25,29-31,38H,9-22,26-28H2,1-4H3,(H,50,51)(H,49,58,59). The molecule has 322 valence electrons. The fourth-order valence-electron chi connectivity index (χ4n) is 10.4. The Morgan fingerprint density at radius 1 is 0.803 bits per heavy atom. The Morgan fingerprint density at radius 3 is 2.30 bits per heavy atom. The number of anilines is 2. The first-order chi connectivity index (χ1) is 29.4. The second-order valence-electron chi connectivity index (χ2n) is 19.3. The van der Waals surface area contributed by atoms with Gasteiger partial charge in [0.25, 0.3) is 0 Å². The van der Waals surface area contributed by atoms with Crippen LogP contribution in [0.4, 0.5) is 11.5 Å². The average molecular weight is 830 g/mol. The van der Waals surface area contributed by atoms with Crippen molar-refractivity contribution in [1.29, 1.82) is 0 Å². The summed E-state index contributed by atoms with van der Waals surface area (Å²) in [7, 11) is 1.74. The summed E-state index contributed by atoms with van der Waals surface area (Å²) in [6.07, 6.45) is 8.94. The summed E-state index contributed by atoms with van der Waals surface area (Å²) < 4.78 is 9.43. The van der Waals surface area contributed by atoms with Crippen molar-refractivity contribution in [3.8, 4) is 17.1 Å². The Morgan fingerprint density at radius 2 is 1.56 bits per heavy atom. The zero-order valence-electron chi connectivity index (χ0n) is 36.0. The third-order valence-electron chi connectivity index (χ3n) is 14.4. The van der Waals surface area contributed by atoms with Crippen LogP contribution in [0.2, 0.25) is 0 Å². The molecule has 4 aliphatic heterocycles. The van der Waals surface area contributed by atoms with Gasteiger partial charge in [0.05, 0.1) is 22.2 Å². The van der Waals surface area contributed by atoms with Crippen LogP contribution < -0.4 is 25.5 Å². The molecule has 1 saturated carbocycles. The summed E-state index contributed by atoms with van der Waals surface area (Å²) in [5.41, 5.74) is 5.07. The number of imide groups is 1. The van der Waals surface area contributed by atoms with E-state index in [0.29, 0.717) is 18.3 Å². The topological polar surface area (TPSA) is 150 Å². The fourth-order valence-corrected chi connectivity index (χ4v) is 10.4. The van der Waals surface area contributed by atoms with Crippen LogP contribution in [-0.2, 0) is 16.6 Å². The molecule has 61 heavy (non-hydrogen) atoms. The summed E-state index contributed by atoms with van der Waals surface area (Å²) in [6, 6.07) is 13.7. The summed E-state index contributed by atoms with van der Waals surface area (Å²) in [5, 5.41) is 11.3. The Bertz CT molecular complexity index is 2520. The number of aryl methyl sites for hydroxylation is 1. The average Bonchev–Trinajstić information content (AvgIpc) is 3.73. The maximum absolute atomic E-state index is 13.3. The third kappa shape index (κ3) is 7.90. The van der Waals surface area contributed by atoms with Gasteiger partial charge in [0.2, 0.25) is 11.8 Å².